The van der Waals surface area contributed by atoms with Crippen LogP contribution in [-0.4, -0.2) is 30.8 Å². The van der Waals surface area contributed by atoms with E-state index in [4.69, 9.17) is 4.74 Å². The normalized spacial score (nSPS) is 10.9. The molecule has 0 spiro atoms. The van der Waals surface area contributed by atoms with E-state index < -0.39 is 0 Å². The second-order valence-electron chi connectivity index (χ2n) is 4.36. The number of aromatic nitrogens is 6. The zero-order valence-electron chi connectivity index (χ0n) is 10.7. The van der Waals surface area contributed by atoms with Crippen LogP contribution in [0.4, 0.5) is 0 Å². The minimum atomic E-state index is 0.680. The Labute approximate surface area is 119 Å². The van der Waals surface area contributed by atoms with Crippen LogP contribution < -0.4 is 4.74 Å². The summed E-state index contributed by atoms with van der Waals surface area (Å²) in [4.78, 5) is 0. The van der Waals surface area contributed by atoms with Crippen molar-refractivity contribution in [1.82, 2.24) is 30.8 Å². The summed E-state index contributed by atoms with van der Waals surface area (Å²) >= 11 is 0. The highest BCUT2D eigenvalue weighted by Crippen LogP contribution is 2.25. The first-order chi connectivity index (χ1) is 10.4. The molecule has 0 unspecified atom stereocenters. The molecule has 4 rings (SSSR count). The highest BCUT2D eigenvalue weighted by molar-refractivity contribution is 5.56. The van der Waals surface area contributed by atoms with Gasteiger partial charge < -0.3 is 4.74 Å². The molecule has 0 atom stereocenters. The van der Waals surface area contributed by atoms with Crippen LogP contribution in [0.25, 0.3) is 22.8 Å². The first kappa shape index (κ1) is 11.6. The Kier molecular flexibility index (Phi) is 2.60. The zero-order valence-corrected chi connectivity index (χ0v) is 10.7. The summed E-state index contributed by atoms with van der Waals surface area (Å²) in [5.74, 6) is 1.36. The Hall–Kier alpha value is -3.22. The largest absolute Gasteiger partial charge is 0.457 e. The number of ether oxygens (including phenoxy) is 1. The molecular weight excluding hydrogens is 268 g/mol. The molecule has 0 saturated carbocycles. The molecule has 0 fully saturated rings. The molecule has 0 saturated heterocycles. The molecule has 0 aromatic carbocycles. The highest BCUT2D eigenvalue weighted by Gasteiger charge is 2.07. The van der Waals surface area contributed by atoms with Gasteiger partial charge in [0, 0.05) is 0 Å². The van der Waals surface area contributed by atoms with Crippen molar-refractivity contribution < 1.29 is 4.74 Å². The summed E-state index contributed by atoms with van der Waals surface area (Å²) < 4.78 is 5.83. The summed E-state index contributed by atoms with van der Waals surface area (Å²) in [5.41, 5.74) is 2.90. The van der Waals surface area contributed by atoms with Crippen molar-refractivity contribution in [3.05, 3.63) is 48.5 Å². The molecule has 0 bridgehead atoms. The van der Waals surface area contributed by atoms with Gasteiger partial charge in [-0.3, -0.25) is 0 Å². The summed E-state index contributed by atoms with van der Waals surface area (Å²) in [6.45, 7) is 0. The van der Waals surface area contributed by atoms with E-state index in [1.165, 1.54) is 0 Å². The molecule has 0 amide bonds. The summed E-state index contributed by atoms with van der Waals surface area (Å²) in [5, 5.41) is 22.9. The molecule has 0 radical (unpaired) electrons. The number of hydrogen-bond donors (Lipinski definition) is 0. The molecule has 7 nitrogen and oxygen atoms in total. The molecule has 7 heteroatoms. The maximum atomic E-state index is 5.83. The van der Waals surface area contributed by atoms with Crippen molar-refractivity contribution in [3.63, 3.8) is 0 Å². The molecule has 2 aliphatic heterocycles. The minimum absolute atomic E-state index is 0.680. The third-order valence-corrected chi connectivity index (χ3v) is 2.99. The average Bonchev–Trinajstić information content (AvgIpc) is 3.05. The average molecular weight is 276 g/mol. The Bertz CT molecular complexity index is 720. The summed E-state index contributed by atoms with van der Waals surface area (Å²) in [6, 6.07) is 14.6. The lowest BCUT2D eigenvalue weighted by molar-refractivity contribution is 0.484. The fraction of sp³-hybridized carbons (Fsp3) is 0. The number of rotatable bonds is 2. The smallest absolute Gasteiger partial charge is 0.127 e. The lowest BCUT2D eigenvalue weighted by atomic mass is 10.3. The van der Waals surface area contributed by atoms with Gasteiger partial charge in [-0.05, 0) is 59.0 Å². The van der Waals surface area contributed by atoms with E-state index in [9.17, 15) is 0 Å². The van der Waals surface area contributed by atoms with Crippen LogP contribution in [0.1, 0.15) is 0 Å². The summed E-state index contributed by atoms with van der Waals surface area (Å²) in [7, 11) is 0. The second-order valence-corrected chi connectivity index (χ2v) is 4.36. The topological polar surface area (TPSA) is 86.6 Å². The SMILES string of the molecule is c1cc2nnnc-2ccc1Oc1ccc2nnnc-2cc1. The Morgan fingerprint density at radius 2 is 0.810 bits per heavy atom. The van der Waals surface area contributed by atoms with Crippen LogP contribution in [-0.2, 0) is 0 Å². The monoisotopic (exact) mass is 276 g/mol. The van der Waals surface area contributed by atoms with Gasteiger partial charge in [-0.2, -0.15) is 0 Å². The van der Waals surface area contributed by atoms with Crippen molar-refractivity contribution in [2.75, 3.05) is 0 Å². The second kappa shape index (κ2) is 4.71. The van der Waals surface area contributed by atoms with Crippen molar-refractivity contribution in [3.8, 4) is 34.3 Å². The highest BCUT2D eigenvalue weighted by atomic mass is 16.5. The third-order valence-electron chi connectivity index (χ3n) is 2.99. The van der Waals surface area contributed by atoms with Gasteiger partial charge in [-0.1, -0.05) is 0 Å². The van der Waals surface area contributed by atoms with Gasteiger partial charge in [0.2, 0.25) is 0 Å². The predicted molar refractivity (Wildman–Crippen MR) is 73.0 cm³/mol. The molecule has 2 heterocycles. The Balaban J connectivity index is 1.69. The zero-order chi connectivity index (χ0) is 14.1. The van der Waals surface area contributed by atoms with Gasteiger partial charge in [0.25, 0.3) is 0 Å². The van der Waals surface area contributed by atoms with Gasteiger partial charge in [0.15, 0.2) is 0 Å². The molecular formula is C14H8N6O. The fourth-order valence-corrected chi connectivity index (χ4v) is 1.94. The van der Waals surface area contributed by atoms with Gasteiger partial charge in [-0.25, -0.2) is 0 Å². The van der Waals surface area contributed by atoms with E-state index >= 15 is 0 Å². The molecule has 100 valence electrons. The van der Waals surface area contributed by atoms with Crippen LogP contribution >= 0.6 is 0 Å². The van der Waals surface area contributed by atoms with Gasteiger partial charge in [0.05, 0.1) is 0 Å². The third kappa shape index (κ3) is 2.20. The maximum Gasteiger partial charge on any atom is 0.127 e. The van der Waals surface area contributed by atoms with Crippen molar-refractivity contribution in [2.24, 2.45) is 0 Å². The quantitative estimate of drug-likeness (QED) is 0.553. The number of hydrogen-bond acceptors (Lipinski definition) is 7. The van der Waals surface area contributed by atoms with E-state index in [1.807, 2.05) is 48.5 Å². The van der Waals surface area contributed by atoms with Gasteiger partial charge in [0.1, 0.15) is 34.3 Å². The minimum Gasteiger partial charge on any atom is -0.457 e. The molecule has 0 aromatic heterocycles. The number of fused-ring (bicyclic) bond motifs is 2. The van der Waals surface area contributed by atoms with Crippen LogP contribution in [0.3, 0.4) is 0 Å². The lowest BCUT2D eigenvalue weighted by Gasteiger charge is -2.00. The molecule has 0 aromatic rings. The lowest BCUT2D eigenvalue weighted by Crippen LogP contribution is -1.79. The van der Waals surface area contributed by atoms with Gasteiger partial charge >= 0.3 is 0 Å². The predicted octanol–water partition coefficient (Wildman–Crippen LogP) is 2.06. The van der Waals surface area contributed by atoms with Crippen molar-refractivity contribution >= 4 is 0 Å². The first-order valence-electron chi connectivity index (χ1n) is 6.25. The number of nitrogens with zero attached hydrogens (tertiary/aromatic N) is 6. The van der Waals surface area contributed by atoms with E-state index in [2.05, 4.69) is 30.8 Å². The molecule has 2 aliphatic carbocycles. The van der Waals surface area contributed by atoms with E-state index in [-0.39, 0.29) is 0 Å². The van der Waals surface area contributed by atoms with E-state index in [0.29, 0.717) is 11.5 Å². The molecule has 21 heavy (non-hydrogen) atoms. The Morgan fingerprint density at radius 1 is 0.476 bits per heavy atom. The van der Waals surface area contributed by atoms with Crippen LogP contribution in [0.2, 0.25) is 0 Å². The van der Waals surface area contributed by atoms with E-state index in [1.54, 1.807) is 0 Å². The molecule has 0 N–H and O–H groups in total. The van der Waals surface area contributed by atoms with Crippen molar-refractivity contribution in [2.45, 2.75) is 0 Å². The van der Waals surface area contributed by atoms with Crippen LogP contribution in [0, 0.1) is 0 Å². The van der Waals surface area contributed by atoms with Crippen molar-refractivity contribution in [1.29, 1.82) is 0 Å². The van der Waals surface area contributed by atoms with Crippen LogP contribution in [0.5, 0.6) is 11.5 Å². The summed E-state index contributed by atoms with van der Waals surface area (Å²) in [6.07, 6.45) is 0. The van der Waals surface area contributed by atoms with E-state index in [0.717, 1.165) is 22.8 Å². The maximum absolute atomic E-state index is 5.83. The fourth-order valence-electron chi connectivity index (χ4n) is 1.94. The molecule has 4 aliphatic rings. The van der Waals surface area contributed by atoms with Gasteiger partial charge in [-0.15, -0.1) is 20.4 Å². The first-order valence-corrected chi connectivity index (χ1v) is 6.25. The standard InChI is InChI=1S/C14H8N6O/c1-5-11-12(16-19-15-11)6-2-9(1)21-10-3-7-13-14(8-4-10)18-20-17-13/h1-8H. The van der Waals surface area contributed by atoms with Crippen LogP contribution in [0.15, 0.2) is 48.5 Å². The Morgan fingerprint density at radius 3 is 1.14 bits per heavy atom.